The predicted molar refractivity (Wildman–Crippen MR) is 67.7 cm³/mol. The molecule has 0 spiro atoms. The van der Waals surface area contributed by atoms with Crippen LogP contribution in [0, 0.1) is 0 Å². The van der Waals surface area contributed by atoms with E-state index in [-0.39, 0.29) is 0 Å². The summed E-state index contributed by atoms with van der Waals surface area (Å²) in [6.45, 7) is 9.85. The molecule has 0 aromatic carbocycles. The molecule has 1 rings (SSSR count). The van der Waals surface area contributed by atoms with Gasteiger partial charge in [0.25, 0.3) is 0 Å². The van der Waals surface area contributed by atoms with E-state index < -0.39 is 0 Å². The number of hydrogen-bond donors (Lipinski definition) is 1. The number of rotatable bonds is 6. The maximum atomic E-state index is 4.61. The molecule has 1 unspecified atom stereocenters. The third-order valence-corrected chi connectivity index (χ3v) is 3.53. The first-order valence-electron chi connectivity index (χ1n) is 5.81. The fourth-order valence-corrected chi connectivity index (χ4v) is 2.23. The molecular weight excluding hydrogens is 204 g/mol. The van der Waals surface area contributed by atoms with Gasteiger partial charge in [-0.05, 0) is 19.3 Å². The minimum atomic E-state index is 0.553. The lowest BCUT2D eigenvalue weighted by Crippen LogP contribution is -2.27. The Bertz CT molecular complexity index is 281. The normalized spacial score (nSPS) is 13.4. The summed E-state index contributed by atoms with van der Waals surface area (Å²) in [4.78, 5) is 4.61. The molecule has 0 saturated heterocycles. The zero-order valence-electron chi connectivity index (χ0n) is 10.2. The molecule has 0 bridgehead atoms. The van der Waals surface area contributed by atoms with E-state index in [0.29, 0.717) is 12.0 Å². The highest BCUT2D eigenvalue weighted by molar-refractivity contribution is 7.09. The molecule has 0 fully saturated rings. The standard InChI is InChI=1S/C12H22N2S/c1-5-10(4)13-7-6-12-14-11(8-15-12)9(2)3/h8-10,13H,5-7H2,1-4H3. The van der Waals surface area contributed by atoms with Gasteiger partial charge in [-0.15, -0.1) is 11.3 Å². The van der Waals surface area contributed by atoms with Gasteiger partial charge in [-0.3, -0.25) is 0 Å². The van der Waals surface area contributed by atoms with Crippen LogP contribution in [-0.4, -0.2) is 17.6 Å². The average Bonchev–Trinajstić information content (AvgIpc) is 2.66. The van der Waals surface area contributed by atoms with E-state index in [1.165, 1.54) is 17.1 Å². The van der Waals surface area contributed by atoms with E-state index in [0.717, 1.165) is 13.0 Å². The molecule has 1 atom stereocenters. The molecule has 1 aromatic heterocycles. The Labute approximate surface area is 97.1 Å². The van der Waals surface area contributed by atoms with Crippen molar-refractivity contribution < 1.29 is 0 Å². The molecule has 0 saturated carbocycles. The van der Waals surface area contributed by atoms with E-state index in [1.54, 1.807) is 11.3 Å². The Morgan fingerprint density at radius 3 is 2.67 bits per heavy atom. The van der Waals surface area contributed by atoms with Crippen molar-refractivity contribution in [2.24, 2.45) is 0 Å². The maximum Gasteiger partial charge on any atom is 0.0941 e. The molecule has 0 radical (unpaired) electrons. The maximum absolute atomic E-state index is 4.61. The van der Waals surface area contributed by atoms with Crippen LogP contribution in [0.15, 0.2) is 5.38 Å². The first-order chi connectivity index (χ1) is 7.13. The topological polar surface area (TPSA) is 24.9 Å². The summed E-state index contributed by atoms with van der Waals surface area (Å²) in [7, 11) is 0. The minimum absolute atomic E-state index is 0.553. The molecule has 0 aliphatic heterocycles. The average molecular weight is 226 g/mol. The summed E-state index contributed by atoms with van der Waals surface area (Å²) >= 11 is 1.79. The quantitative estimate of drug-likeness (QED) is 0.806. The van der Waals surface area contributed by atoms with Crippen LogP contribution in [0.5, 0.6) is 0 Å². The van der Waals surface area contributed by atoms with Gasteiger partial charge in [0.05, 0.1) is 10.7 Å². The van der Waals surface area contributed by atoms with Gasteiger partial charge in [0, 0.05) is 24.4 Å². The summed E-state index contributed by atoms with van der Waals surface area (Å²) < 4.78 is 0. The van der Waals surface area contributed by atoms with Gasteiger partial charge in [0.15, 0.2) is 0 Å². The highest BCUT2D eigenvalue weighted by Gasteiger charge is 2.05. The molecular formula is C12H22N2S. The van der Waals surface area contributed by atoms with Crippen LogP contribution < -0.4 is 5.32 Å². The third kappa shape index (κ3) is 4.31. The molecule has 2 nitrogen and oxygen atoms in total. The fourth-order valence-electron chi connectivity index (χ4n) is 1.27. The van der Waals surface area contributed by atoms with E-state index in [9.17, 15) is 0 Å². The fraction of sp³-hybridized carbons (Fsp3) is 0.750. The Morgan fingerprint density at radius 1 is 1.40 bits per heavy atom. The Kier molecular flexibility index (Phi) is 5.26. The second kappa shape index (κ2) is 6.23. The Balaban J connectivity index is 2.31. The van der Waals surface area contributed by atoms with Gasteiger partial charge in [-0.25, -0.2) is 4.98 Å². The lowest BCUT2D eigenvalue weighted by Gasteiger charge is -2.09. The van der Waals surface area contributed by atoms with Crippen LogP contribution in [0.25, 0.3) is 0 Å². The first-order valence-corrected chi connectivity index (χ1v) is 6.69. The first kappa shape index (κ1) is 12.7. The molecule has 86 valence electrons. The highest BCUT2D eigenvalue weighted by atomic mass is 32.1. The van der Waals surface area contributed by atoms with Gasteiger partial charge in [0.1, 0.15) is 0 Å². The number of nitrogens with one attached hydrogen (secondary N) is 1. The summed E-state index contributed by atoms with van der Waals surface area (Å²) in [5.74, 6) is 0.553. The van der Waals surface area contributed by atoms with Gasteiger partial charge in [0.2, 0.25) is 0 Å². The van der Waals surface area contributed by atoms with Crippen LogP contribution in [0.4, 0.5) is 0 Å². The lowest BCUT2D eigenvalue weighted by molar-refractivity contribution is 0.537. The zero-order valence-corrected chi connectivity index (χ0v) is 11.0. The van der Waals surface area contributed by atoms with Crippen molar-refractivity contribution in [3.63, 3.8) is 0 Å². The van der Waals surface area contributed by atoms with Crippen LogP contribution in [0.2, 0.25) is 0 Å². The van der Waals surface area contributed by atoms with Crippen LogP contribution >= 0.6 is 11.3 Å². The number of nitrogens with zero attached hydrogens (tertiary/aromatic N) is 1. The van der Waals surface area contributed by atoms with Crippen LogP contribution in [0.3, 0.4) is 0 Å². The van der Waals surface area contributed by atoms with Crippen molar-refractivity contribution in [1.29, 1.82) is 0 Å². The molecule has 3 heteroatoms. The minimum Gasteiger partial charge on any atom is -0.314 e. The van der Waals surface area contributed by atoms with Crippen molar-refractivity contribution in [2.45, 2.75) is 52.5 Å². The van der Waals surface area contributed by atoms with E-state index in [4.69, 9.17) is 0 Å². The molecule has 1 N–H and O–H groups in total. The number of thiazole rings is 1. The number of hydrogen-bond acceptors (Lipinski definition) is 3. The molecule has 1 aromatic rings. The van der Waals surface area contributed by atoms with E-state index in [2.05, 4.69) is 43.4 Å². The third-order valence-electron chi connectivity index (χ3n) is 2.61. The van der Waals surface area contributed by atoms with Gasteiger partial charge < -0.3 is 5.32 Å². The van der Waals surface area contributed by atoms with Crippen molar-refractivity contribution in [2.75, 3.05) is 6.54 Å². The van der Waals surface area contributed by atoms with E-state index >= 15 is 0 Å². The van der Waals surface area contributed by atoms with Crippen molar-refractivity contribution in [1.82, 2.24) is 10.3 Å². The molecule has 15 heavy (non-hydrogen) atoms. The van der Waals surface area contributed by atoms with Crippen molar-refractivity contribution >= 4 is 11.3 Å². The van der Waals surface area contributed by atoms with Crippen molar-refractivity contribution in [3.05, 3.63) is 16.1 Å². The summed E-state index contributed by atoms with van der Waals surface area (Å²) in [6, 6.07) is 0.620. The predicted octanol–water partition coefficient (Wildman–Crippen LogP) is 3.20. The van der Waals surface area contributed by atoms with Gasteiger partial charge in [-0.2, -0.15) is 0 Å². The van der Waals surface area contributed by atoms with Gasteiger partial charge >= 0.3 is 0 Å². The smallest absolute Gasteiger partial charge is 0.0941 e. The SMILES string of the molecule is CCC(C)NCCc1nc(C(C)C)cs1. The van der Waals surface area contributed by atoms with Crippen LogP contribution in [-0.2, 0) is 6.42 Å². The van der Waals surface area contributed by atoms with Crippen molar-refractivity contribution in [3.8, 4) is 0 Å². The summed E-state index contributed by atoms with van der Waals surface area (Å²) in [5, 5.41) is 6.93. The summed E-state index contributed by atoms with van der Waals surface area (Å²) in [6.07, 6.45) is 2.25. The lowest BCUT2D eigenvalue weighted by atomic mass is 10.2. The molecule has 0 aliphatic rings. The molecule has 1 heterocycles. The largest absolute Gasteiger partial charge is 0.314 e. The zero-order chi connectivity index (χ0) is 11.3. The van der Waals surface area contributed by atoms with Crippen LogP contribution in [0.1, 0.15) is 50.7 Å². The van der Waals surface area contributed by atoms with E-state index in [1.807, 2.05) is 0 Å². The Hall–Kier alpha value is -0.410. The second-order valence-corrected chi connectivity index (χ2v) is 5.28. The summed E-state index contributed by atoms with van der Waals surface area (Å²) in [5.41, 5.74) is 1.23. The molecule has 0 amide bonds. The highest BCUT2D eigenvalue weighted by Crippen LogP contribution is 2.17. The number of aromatic nitrogens is 1. The second-order valence-electron chi connectivity index (χ2n) is 4.33. The van der Waals surface area contributed by atoms with Gasteiger partial charge in [-0.1, -0.05) is 20.8 Å². The molecule has 0 aliphatic carbocycles. The Morgan fingerprint density at radius 2 is 2.13 bits per heavy atom. The monoisotopic (exact) mass is 226 g/mol.